The van der Waals surface area contributed by atoms with Gasteiger partial charge < -0.3 is 0 Å². The summed E-state index contributed by atoms with van der Waals surface area (Å²) in [6, 6.07) is 5.48. The fourth-order valence-electron chi connectivity index (χ4n) is 1.42. The molecule has 0 aliphatic carbocycles. The Kier molecular flexibility index (Phi) is 2.28. The first-order chi connectivity index (χ1) is 6.61. The van der Waals surface area contributed by atoms with Crippen molar-refractivity contribution in [1.29, 1.82) is 0 Å². The van der Waals surface area contributed by atoms with Gasteiger partial charge in [-0.1, -0.05) is 6.07 Å². The van der Waals surface area contributed by atoms with Gasteiger partial charge in [0.2, 0.25) is 0 Å². The lowest BCUT2D eigenvalue weighted by molar-refractivity contribution is -0.383. The van der Waals surface area contributed by atoms with Crippen LogP contribution in [0.4, 0.5) is 5.69 Å². The summed E-state index contributed by atoms with van der Waals surface area (Å²) in [6.45, 7) is 1.77. The van der Waals surface area contributed by atoms with Crippen LogP contribution in [0.15, 0.2) is 22.7 Å². The molecule has 5 heteroatoms. The molecule has 3 nitrogen and oxygen atoms in total. The van der Waals surface area contributed by atoms with Gasteiger partial charge in [0, 0.05) is 4.47 Å². The van der Waals surface area contributed by atoms with Crippen molar-refractivity contribution in [2.45, 2.75) is 6.92 Å². The quantitative estimate of drug-likeness (QED) is 0.584. The average molecular weight is 272 g/mol. The molecule has 0 unspecified atom stereocenters. The van der Waals surface area contributed by atoms with Crippen molar-refractivity contribution in [3.05, 3.63) is 37.7 Å². The summed E-state index contributed by atoms with van der Waals surface area (Å²) in [7, 11) is 0. The van der Waals surface area contributed by atoms with E-state index < -0.39 is 0 Å². The van der Waals surface area contributed by atoms with Crippen molar-refractivity contribution in [1.82, 2.24) is 0 Å². The maximum atomic E-state index is 10.8. The van der Waals surface area contributed by atoms with E-state index in [9.17, 15) is 10.1 Å². The maximum absolute atomic E-state index is 10.8. The molecule has 0 saturated heterocycles. The van der Waals surface area contributed by atoms with Crippen molar-refractivity contribution in [3.63, 3.8) is 0 Å². The highest BCUT2D eigenvalue weighted by molar-refractivity contribution is 9.10. The molecular formula is C9H6BrNO2S. The van der Waals surface area contributed by atoms with Crippen LogP contribution in [0, 0.1) is 17.0 Å². The lowest BCUT2D eigenvalue weighted by Crippen LogP contribution is -1.87. The molecule has 0 saturated carbocycles. The van der Waals surface area contributed by atoms with Crippen molar-refractivity contribution < 1.29 is 4.92 Å². The molecule has 0 atom stereocenters. The highest BCUT2D eigenvalue weighted by Gasteiger charge is 2.19. The summed E-state index contributed by atoms with van der Waals surface area (Å²) in [4.78, 5) is 11.2. The summed E-state index contributed by atoms with van der Waals surface area (Å²) in [5.74, 6) is 0. The van der Waals surface area contributed by atoms with Gasteiger partial charge >= 0.3 is 0 Å². The van der Waals surface area contributed by atoms with E-state index in [1.165, 1.54) is 11.3 Å². The Morgan fingerprint density at radius 3 is 2.86 bits per heavy atom. The molecule has 1 aromatic heterocycles. The standard InChI is InChI=1S/C9H6BrNO2S/c1-5-8(11(12)13)6-3-2-4-7(10)9(6)14-5/h2-4H,1H3. The average Bonchev–Trinajstić information content (AvgIpc) is 2.42. The lowest BCUT2D eigenvalue weighted by atomic mass is 10.2. The predicted molar refractivity (Wildman–Crippen MR) is 60.9 cm³/mol. The third-order valence-electron chi connectivity index (χ3n) is 1.99. The van der Waals surface area contributed by atoms with Crippen LogP contribution in [0.5, 0.6) is 0 Å². The SMILES string of the molecule is Cc1sc2c(Br)cccc2c1[N+](=O)[O-]. The number of rotatable bonds is 1. The van der Waals surface area contributed by atoms with Crippen LogP contribution < -0.4 is 0 Å². The predicted octanol–water partition coefficient (Wildman–Crippen LogP) is 3.88. The normalized spacial score (nSPS) is 10.7. The Labute approximate surface area is 92.6 Å². The molecule has 1 aromatic carbocycles. The minimum absolute atomic E-state index is 0.228. The molecule has 0 fully saturated rings. The fraction of sp³-hybridized carbons (Fsp3) is 0.111. The van der Waals surface area contributed by atoms with Crippen LogP contribution in [0.1, 0.15) is 4.88 Å². The van der Waals surface area contributed by atoms with Gasteiger partial charge in [-0.2, -0.15) is 0 Å². The number of benzene rings is 1. The summed E-state index contributed by atoms with van der Waals surface area (Å²) in [6.07, 6.45) is 0. The van der Waals surface area contributed by atoms with Gasteiger partial charge in [0.25, 0.3) is 5.69 Å². The Balaban J connectivity index is 2.90. The molecule has 0 N–H and O–H groups in total. The number of fused-ring (bicyclic) bond motifs is 1. The number of hydrogen-bond acceptors (Lipinski definition) is 3. The highest BCUT2D eigenvalue weighted by atomic mass is 79.9. The lowest BCUT2D eigenvalue weighted by Gasteiger charge is -1.91. The number of aryl methyl sites for hydroxylation is 1. The number of halogens is 1. The third kappa shape index (κ3) is 1.33. The Morgan fingerprint density at radius 1 is 1.50 bits per heavy atom. The third-order valence-corrected chi connectivity index (χ3v) is 4.06. The van der Waals surface area contributed by atoms with Gasteiger partial charge in [0.15, 0.2) is 0 Å². The molecule has 72 valence electrons. The molecule has 0 spiro atoms. The zero-order valence-electron chi connectivity index (χ0n) is 7.28. The molecule has 14 heavy (non-hydrogen) atoms. The van der Waals surface area contributed by atoms with Crippen LogP contribution in [0.3, 0.4) is 0 Å². The van der Waals surface area contributed by atoms with Crippen molar-refractivity contribution >= 4 is 43.0 Å². The zero-order valence-corrected chi connectivity index (χ0v) is 9.68. The van der Waals surface area contributed by atoms with Gasteiger partial charge in [-0.15, -0.1) is 11.3 Å². The monoisotopic (exact) mass is 271 g/mol. The van der Waals surface area contributed by atoms with Gasteiger partial charge in [-0.25, -0.2) is 0 Å². The molecule has 0 bridgehead atoms. The number of nitro groups is 1. The highest BCUT2D eigenvalue weighted by Crippen LogP contribution is 2.40. The van der Waals surface area contributed by atoms with Gasteiger partial charge in [0.05, 0.1) is 19.9 Å². The first kappa shape index (κ1) is 9.61. The van der Waals surface area contributed by atoms with Crippen LogP contribution in [0.25, 0.3) is 10.1 Å². The molecule has 0 amide bonds. The second kappa shape index (κ2) is 3.33. The number of nitrogens with zero attached hydrogens (tertiary/aromatic N) is 1. The Hall–Kier alpha value is -0.940. The number of hydrogen-bond donors (Lipinski definition) is 0. The minimum atomic E-state index is -0.319. The van der Waals surface area contributed by atoms with E-state index in [-0.39, 0.29) is 10.6 Å². The summed E-state index contributed by atoms with van der Waals surface area (Å²) < 4.78 is 1.85. The molecule has 2 rings (SSSR count). The Bertz CT molecular complexity index is 521. The molecule has 0 radical (unpaired) electrons. The fourth-order valence-corrected chi connectivity index (χ4v) is 3.05. The van der Waals surface area contributed by atoms with Gasteiger partial charge in [0.1, 0.15) is 0 Å². The topological polar surface area (TPSA) is 43.1 Å². The van der Waals surface area contributed by atoms with Crippen LogP contribution in [0.2, 0.25) is 0 Å². The second-order valence-electron chi connectivity index (χ2n) is 2.88. The van der Waals surface area contributed by atoms with Crippen LogP contribution in [-0.4, -0.2) is 4.92 Å². The van der Waals surface area contributed by atoms with E-state index in [0.29, 0.717) is 5.39 Å². The van der Waals surface area contributed by atoms with Crippen LogP contribution in [-0.2, 0) is 0 Å². The maximum Gasteiger partial charge on any atom is 0.290 e. The smallest absolute Gasteiger partial charge is 0.258 e. The molecule has 1 heterocycles. The summed E-state index contributed by atoms with van der Waals surface area (Å²) in [5.41, 5.74) is 0.228. The van der Waals surface area contributed by atoms with E-state index in [4.69, 9.17) is 0 Å². The molecule has 0 aliphatic heterocycles. The molecule has 2 aromatic rings. The van der Waals surface area contributed by atoms with Crippen LogP contribution >= 0.6 is 27.3 Å². The zero-order chi connectivity index (χ0) is 10.3. The molecular weight excluding hydrogens is 266 g/mol. The molecule has 0 aliphatic rings. The first-order valence-corrected chi connectivity index (χ1v) is 5.54. The van der Waals surface area contributed by atoms with Crippen molar-refractivity contribution in [2.24, 2.45) is 0 Å². The summed E-state index contributed by atoms with van der Waals surface area (Å²) in [5, 5.41) is 11.5. The second-order valence-corrected chi connectivity index (χ2v) is 4.96. The van der Waals surface area contributed by atoms with E-state index >= 15 is 0 Å². The largest absolute Gasteiger partial charge is 0.290 e. The van der Waals surface area contributed by atoms with Crippen molar-refractivity contribution in [2.75, 3.05) is 0 Å². The Morgan fingerprint density at radius 2 is 2.21 bits per heavy atom. The van der Waals surface area contributed by atoms with E-state index in [2.05, 4.69) is 15.9 Å². The van der Waals surface area contributed by atoms with E-state index in [1.807, 2.05) is 12.1 Å². The van der Waals surface area contributed by atoms with E-state index in [1.54, 1.807) is 13.0 Å². The van der Waals surface area contributed by atoms with Crippen molar-refractivity contribution in [3.8, 4) is 0 Å². The van der Waals surface area contributed by atoms with E-state index in [0.717, 1.165) is 14.0 Å². The number of thiophene rings is 1. The summed E-state index contributed by atoms with van der Waals surface area (Å²) >= 11 is 4.83. The van der Waals surface area contributed by atoms with Gasteiger partial charge in [-0.3, -0.25) is 10.1 Å². The minimum Gasteiger partial charge on any atom is -0.258 e. The van der Waals surface area contributed by atoms with Gasteiger partial charge in [-0.05, 0) is 35.0 Å². The first-order valence-electron chi connectivity index (χ1n) is 3.93.